The van der Waals surface area contributed by atoms with Crippen LogP contribution in [0.25, 0.3) is 11.2 Å². The van der Waals surface area contributed by atoms with Crippen molar-refractivity contribution < 1.29 is 20.1 Å². The van der Waals surface area contributed by atoms with Crippen molar-refractivity contribution in [2.24, 2.45) is 5.92 Å². The molecule has 2 fully saturated rings. The molecule has 0 saturated carbocycles. The number of hydrogen-bond donors (Lipinski definition) is 5. The molecule has 11 nitrogen and oxygen atoms in total. The number of aromatic amines is 1. The summed E-state index contributed by atoms with van der Waals surface area (Å²) in [6.45, 7) is 3.19. The van der Waals surface area contributed by atoms with Crippen molar-refractivity contribution in [3.05, 3.63) is 10.4 Å². The van der Waals surface area contributed by atoms with Crippen molar-refractivity contribution in [2.45, 2.75) is 44.3 Å². The highest BCUT2D eigenvalue weighted by Gasteiger charge is 2.45. The van der Waals surface area contributed by atoms with Gasteiger partial charge in [-0.2, -0.15) is 4.98 Å². The van der Waals surface area contributed by atoms with Gasteiger partial charge in [0.2, 0.25) is 11.9 Å². The Morgan fingerprint density at radius 1 is 1.26 bits per heavy atom. The van der Waals surface area contributed by atoms with E-state index in [4.69, 9.17) is 10.5 Å². The molecule has 0 amide bonds. The number of fused-ring (bicyclic) bond motifs is 1. The number of nitrogens with two attached hydrogens (primary N) is 1. The van der Waals surface area contributed by atoms with Gasteiger partial charge >= 0.3 is 0 Å². The highest BCUT2D eigenvalue weighted by molar-refractivity contribution is 5.75. The van der Waals surface area contributed by atoms with Crippen molar-refractivity contribution in [2.75, 3.05) is 30.3 Å². The van der Waals surface area contributed by atoms with Crippen molar-refractivity contribution >= 4 is 23.1 Å². The lowest BCUT2D eigenvalue weighted by atomic mass is 10.00. The molecule has 0 bridgehead atoms. The van der Waals surface area contributed by atoms with E-state index in [0.717, 1.165) is 25.9 Å². The highest BCUT2D eigenvalue weighted by atomic mass is 16.6. The molecule has 0 unspecified atom stereocenters. The smallest absolute Gasteiger partial charge is 0.280 e. The molecule has 148 valence electrons. The molecule has 11 heteroatoms. The van der Waals surface area contributed by atoms with Crippen LogP contribution in [-0.2, 0) is 4.74 Å². The average Bonchev–Trinajstić information content (AvgIpc) is 3.14. The Morgan fingerprint density at radius 2 is 1.96 bits per heavy atom. The van der Waals surface area contributed by atoms with Crippen LogP contribution >= 0.6 is 0 Å². The van der Waals surface area contributed by atoms with Gasteiger partial charge in [-0.05, 0) is 18.8 Å². The molecule has 2 aromatic heterocycles. The zero-order valence-corrected chi connectivity index (χ0v) is 14.9. The molecular formula is C16H24N6O5. The lowest BCUT2D eigenvalue weighted by Gasteiger charge is -2.32. The Kier molecular flexibility index (Phi) is 4.54. The number of rotatable bonds is 3. The van der Waals surface area contributed by atoms with Gasteiger partial charge in [0, 0.05) is 13.1 Å². The number of aliphatic hydroxyl groups is 3. The SMILES string of the molecule is CC1CCN(c2nc3c(=O)[nH]c(N)nc3n2[C@@H]2O[C@H](CO)[C@@H](O)[C@@H]2O)CC1. The molecule has 6 N–H and O–H groups in total. The minimum atomic E-state index is -1.32. The Bertz CT molecular complexity index is 889. The van der Waals surface area contributed by atoms with E-state index in [1.165, 1.54) is 4.57 Å². The fourth-order valence-electron chi connectivity index (χ4n) is 3.75. The van der Waals surface area contributed by atoms with Crippen LogP contribution in [0.2, 0.25) is 0 Å². The van der Waals surface area contributed by atoms with E-state index in [-0.39, 0.29) is 17.1 Å². The highest BCUT2D eigenvalue weighted by Crippen LogP contribution is 2.36. The molecule has 2 aliphatic rings. The lowest BCUT2D eigenvalue weighted by Crippen LogP contribution is -2.37. The number of aromatic nitrogens is 4. The number of H-pyrrole nitrogens is 1. The standard InChI is InChI=1S/C16H24N6O5/c1-7-2-4-21(5-3-7)16-18-9-12(19-15(17)20-13(9)26)22(16)14-11(25)10(24)8(6-23)27-14/h7-8,10-11,14,23-25H,2-6H2,1H3,(H3,17,19,20,26)/t8-,10-,11+,14-/m1/s1. The number of aliphatic hydroxyl groups excluding tert-OH is 3. The first-order valence-electron chi connectivity index (χ1n) is 9.05. The van der Waals surface area contributed by atoms with Crippen molar-refractivity contribution in [1.29, 1.82) is 0 Å². The van der Waals surface area contributed by atoms with Gasteiger partial charge in [0.1, 0.15) is 18.3 Å². The zero-order valence-electron chi connectivity index (χ0n) is 14.9. The fourth-order valence-corrected chi connectivity index (χ4v) is 3.75. The van der Waals surface area contributed by atoms with Gasteiger partial charge in [-0.3, -0.25) is 14.3 Å². The predicted octanol–water partition coefficient (Wildman–Crippen LogP) is -1.45. The van der Waals surface area contributed by atoms with Crippen molar-refractivity contribution in [1.82, 2.24) is 19.5 Å². The summed E-state index contributed by atoms with van der Waals surface area (Å²) in [5.74, 6) is 0.930. The molecular weight excluding hydrogens is 356 g/mol. The van der Waals surface area contributed by atoms with Gasteiger partial charge in [0.05, 0.1) is 6.61 Å². The largest absolute Gasteiger partial charge is 0.394 e. The molecule has 2 saturated heterocycles. The fraction of sp³-hybridized carbons (Fsp3) is 0.688. The number of piperidine rings is 1. The number of nitrogens with one attached hydrogen (secondary N) is 1. The second-order valence-electron chi connectivity index (χ2n) is 7.30. The lowest BCUT2D eigenvalue weighted by molar-refractivity contribution is -0.0505. The van der Waals surface area contributed by atoms with Crippen LogP contribution in [0.3, 0.4) is 0 Å². The molecule has 4 atom stereocenters. The summed E-state index contributed by atoms with van der Waals surface area (Å²) < 4.78 is 7.17. The van der Waals surface area contributed by atoms with Gasteiger partial charge in [-0.25, -0.2) is 4.98 Å². The van der Waals surface area contributed by atoms with Gasteiger partial charge in [-0.1, -0.05) is 6.92 Å². The molecule has 4 heterocycles. The maximum atomic E-state index is 12.3. The first kappa shape index (κ1) is 18.2. The van der Waals surface area contributed by atoms with Gasteiger partial charge in [-0.15, -0.1) is 0 Å². The third-order valence-electron chi connectivity index (χ3n) is 5.39. The average molecular weight is 380 g/mol. The van der Waals surface area contributed by atoms with Gasteiger partial charge < -0.3 is 30.7 Å². The maximum Gasteiger partial charge on any atom is 0.280 e. The summed E-state index contributed by atoms with van der Waals surface area (Å²) in [5.41, 5.74) is 5.45. The van der Waals surface area contributed by atoms with Gasteiger partial charge in [0.15, 0.2) is 17.4 Å². The summed E-state index contributed by atoms with van der Waals surface area (Å²) >= 11 is 0. The molecule has 2 aliphatic heterocycles. The van der Waals surface area contributed by atoms with E-state index >= 15 is 0 Å². The predicted molar refractivity (Wildman–Crippen MR) is 96.2 cm³/mol. The topological polar surface area (TPSA) is 163 Å². The number of nitrogen functional groups attached to an aromatic ring is 1. The first-order valence-corrected chi connectivity index (χ1v) is 9.05. The molecule has 0 aliphatic carbocycles. The zero-order chi connectivity index (χ0) is 19.3. The number of anilines is 2. The van der Waals surface area contributed by atoms with Crippen LogP contribution in [-0.4, -0.2) is 72.8 Å². The first-order chi connectivity index (χ1) is 12.9. The van der Waals surface area contributed by atoms with Crippen LogP contribution in [0, 0.1) is 5.92 Å². The van der Waals surface area contributed by atoms with Crippen LogP contribution in [0.15, 0.2) is 4.79 Å². The van der Waals surface area contributed by atoms with Crippen molar-refractivity contribution in [3.8, 4) is 0 Å². The van der Waals surface area contributed by atoms with E-state index in [9.17, 15) is 20.1 Å². The van der Waals surface area contributed by atoms with E-state index in [1.54, 1.807) is 0 Å². The number of hydrogen-bond acceptors (Lipinski definition) is 9. The molecule has 4 rings (SSSR count). The molecule has 2 aromatic rings. The molecule has 0 aromatic carbocycles. The van der Waals surface area contributed by atoms with Gasteiger partial charge in [0.25, 0.3) is 5.56 Å². The Morgan fingerprint density at radius 3 is 2.59 bits per heavy atom. The summed E-state index contributed by atoms with van der Waals surface area (Å²) in [6, 6.07) is 0. The van der Waals surface area contributed by atoms with Crippen LogP contribution in [0.4, 0.5) is 11.9 Å². The number of ether oxygens (including phenoxy) is 1. The number of imidazole rings is 1. The Hall–Kier alpha value is -2.21. The van der Waals surface area contributed by atoms with E-state index in [2.05, 4.69) is 21.9 Å². The van der Waals surface area contributed by atoms with Crippen LogP contribution in [0.1, 0.15) is 26.0 Å². The Labute approximate surface area is 154 Å². The summed E-state index contributed by atoms with van der Waals surface area (Å²) in [5, 5.41) is 30.0. The quantitative estimate of drug-likeness (QED) is 0.428. The minimum Gasteiger partial charge on any atom is -0.394 e. The normalized spacial score (nSPS) is 29.7. The van der Waals surface area contributed by atoms with E-state index in [0.29, 0.717) is 11.9 Å². The minimum absolute atomic E-state index is 0.0792. The second kappa shape index (κ2) is 6.75. The Balaban J connectivity index is 1.86. The molecule has 0 radical (unpaired) electrons. The third-order valence-corrected chi connectivity index (χ3v) is 5.39. The van der Waals surface area contributed by atoms with E-state index in [1.807, 2.05) is 4.90 Å². The van der Waals surface area contributed by atoms with E-state index < -0.39 is 36.7 Å². The summed E-state index contributed by atoms with van der Waals surface area (Å²) in [6.07, 6.45) is -2.66. The maximum absolute atomic E-state index is 12.3. The summed E-state index contributed by atoms with van der Waals surface area (Å²) in [7, 11) is 0. The van der Waals surface area contributed by atoms with Crippen LogP contribution in [0.5, 0.6) is 0 Å². The number of nitrogens with zero attached hydrogens (tertiary/aromatic N) is 4. The summed E-state index contributed by atoms with van der Waals surface area (Å²) in [4.78, 5) is 25.4. The third kappa shape index (κ3) is 2.96. The monoisotopic (exact) mass is 380 g/mol. The molecule has 0 spiro atoms. The van der Waals surface area contributed by atoms with Crippen LogP contribution < -0.4 is 16.2 Å². The second-order valence-corrected chi connectivity index (χ2v) is 7.30. The molecule has 27 heavy (non-hydrogen) atoms. The van der Waals surface area contributed by atoms with Crippen molar-refractivity contribution in [3.63, 3.8) is 0 Å².